The summed E-state index contributed by atoms with van der Waals surface area (Å²) in [7, 11) is 0. The van der Waals surface area contributed by atoms with E-state index in [2.05, 4.69) is 10.6 Å². The Balaban J connectivity index is 1.47. The third kappa shape index (κ3) is 3.55. The Kier molecular flexibility index (Phi) is 5.38. The van der Waals surface area contributed by atoms with E-state index in [9.17, 15) is 9.90 Å². The molecule has 24 heavy (non-hydrogen) atoms. The van der Waals surface area contributed by atoms with E-state index in [-0.39, 0.29) is 30.0 Å². The molecule has 1 heterocycles. The lowest BCUT2D eigenvalue weighted by molar-refractivity contribution is -0.149. The normalized spacial score (nSPS) is 25.1. The lowest BCUT2D eigenvalue weighted by Crippen LogP contribution is -2.65. The molecular weight excluding hydrogens is 308 g/mol. The van der Waals surface area contributed by atoms with Gasteiger partial charge >= 0.3 is 0 Å². The lowest BCUT2D eigenvalue weighted by atomic mass is 9.58. The van der Waals surface area contributed by atoms with Gasteiger partial charge in [0.1, 0.15) is 5.75 Å². The van der Waals surface area contributed by atoms with Crippen LogP contribution in [0.2, 0.25) is 0 Å². The zero-order chi connectivity index (χ0) is 17.0. The highest BCUT2D eigenvalue weighted by molar-refractivity contribution is 5.92. The van der Waals surface area contributed by atoms with Crippen LogP contribution in [-0.4, -0.2) is 49.5 Å². The molecule has 0 bridgehead atoms. The van der Waals surface area contributed by atoms with Crippen molar-refractivity contribution < 1.29 is 19.4 Å². The van der Waals surface area contributed by atoms with Crippen molar-refractivity contribution in [2.24, 2.45) is 5.41 Å². The van der Waals surface area contributed by atoms with Gasteiger partial charge in [-0.05, 0) is 50.5 Å². The fourth-order valence-corrected chi connectivity index (χ4v) is 3.71. The fraction of sp³-hybridized carbons (Fsp3) is 0.611. The minimum absolute atomic E-state index is 0.0808. The first-order valence-corrected chi connectivity index (χ1v) is 8.66. The van der Waals surface area contributed by atoms with Crippen LogP contribution >= 0.6 is 0 Å². The first kappa shape index (κ1) is 17.2. The molecule has 2 fully saturated rings. The van der Waals surface area contributed by atoms with Crippen molar-refractivity contribution >= 4 is 11.6 Å². The smallest absolute Gasteiger partial charge is 0.238 e. The largest absolute Gasteiger partial charge is 0.494 e. The van der Waals surface area contributed by atoms with E-state index in [1.54, 1.807) is 0 Å². The molecule has 1 spiro atoms. The van der Waals surface area contributed by atoms with Gasteiger partial charge in [0.25, 0.3) is 0 Å². The number of benzene rings is 1. The van der Waals surface area contributed by atoms with Gasteiger partial charge in [-0.25, -0.2) is 0 Å². The first-order chi connectivity index (χ1) is 11.6. The van der Waals surface area contributed by atoms with E-state index < -0.39 is 0 Å². The van der Waals surface area contributed by atoms with Crippen LogP contribution in [0.15, 0.2) is 24.3 Å². The number of carbonyl (C=O) groups excluding carboxylic acids is 1. The lowest BCUT2D eigenvalue weighted by Gasteiger charge is -2.55. The molecule has 0 aromatic heterocycles. The molecule has 1 amide bonds. The number of anilines is 1. The van der Waals surface area contributed by atoms with E-state index in [0.29, 0.717) is 26.2 Å². The van der Waals surface area contributed by atoms with Crippen molar-refractivity contribution in [2.75, 3.05) is 31.7 Å². The summed E-state index contributed by atoms with van der Waals surface area (Å²) in [5.41, 5.74) is 0.636. The summed E-state index contributed by atoms with van der Waals surface area (Å²) in [6.45, 7) is 4.17. The molecule has 1 aliphatic heterocycles. The minimum atomic E-state index is -0.284. The second-order valence-corrected chi connectivity index (χ2v) is 6.54. The number of aliphatic hydroxyl groups excluding tert-OH is 1. The zero-order valence-electron chi connectivity index (χ0n) is 14.1. The number of hydrogen-bond acceptors (Lipinski definition) is 5. The molecule has 6 nitrogen and oxygen atoms in total. The molecule has 2 atom stereocenters. The number of nitrogens with one attached hydrogen (secondary N) is 2. The van der Waals surface area contributed by atoms with Gasteiger partial charge in [-0.2, -0.15) is 0 Å². The van der Waals surface area contributed by atoms with Gasteiger partial charge in [0.2, 0.25) is 5.91 Å². The van der Waals surface area contributed by atoms with E-state index in [1.807, 2.05) is 31.2 Å². The van der Waals surface area contributed by atoms with Crippen LogP contribution < -0.4 is 15.4 Å². The van der Waals surface area contributed by atoms with Crippen LogP contribution in [0.3, 0.4) is 0 Å². The summed E-state index contributed by atoms with van der Waals surface area (Å²) in [6, 6.07) is 7.52. The monoisotopic (exact) mass is 334 g/mol. The molecule has 1 aromatic carbocycles. The average molecular weight is 334 g/mol. The summed E-state index contributed by atoms with van der Waals surface area (Å²) in [6.07, 6.45) is 2.13. The Hall–Kier alpha value is -1.63. The van der Waals surface area contributed by atoms with Crippen LogP contribution in [0, 0.1) is 5.41 Å². The van der Waals surface area contributed by atoms with E-state index >= 15 is 0 Å². The SMILES string of the molecule is CCOc1ccc(NC(=O)CN[C@@H]2C[C@@H](O)C23CCOCC3)cc1. The van der Waals surface area contributed by atoms with Crippen LogP contribution in [0.25, 0.3) is 0 Å². The maximum Gasteiger partial charge on any atom is 0.238 e. The van der Waals surface area contributed by atoms with Crippen LogP contribution in [-0.2, 0) is 9.53 Å². The molecule has 0 radical (unpaired) electrons. The Morgan fingerprint density at radius 2 is 2.04 bits per heavy atom. The molecule has 132 valence electrons. The van der Waals surface area contributed by atoms with Crippen LogP contribution in [0.1, 0.15) is 26.2 Å². The predicted octanol–water partition coefficient (Wildman–Crippen LogP) is 1.54. The molecule has 2 aliphatic rings. The van der Waals surface area contributed by atoms with Gasteiger partial charge in [0.15, 0.2) is 0 Å². The van der Waals surface area contributed by atoms with Crippen molar-refractivity contribution in [3.05, 3.63) is 24.3 Å². The summed E-state index contributed by atoms with van der Waals surface area (Å²) in [4.78, 5) is 12.1. The van der Waals surface area contributed by atoms with Gasteiger partial charge in [0.05, 0.1) is 19.3 Å². The molecule has 0 unspecified atom stereocenters. The Labute approximate surface area is 142 Å². The number of rotatable bonds is 6. The maximum absolute atomic E-state index is 12.1. The third-order valence-corrected chi connectivity index (χ3v) is 5.20. The molecule has 1 aliphatic carbocycles. The molecule has 1 saturated carbocycles. The number of ether oxygens (including phenoxy) is 2. The topological polar surface area (TPSA) is 79.8 Å². The van der Waals surface area contributed by atoms with Gasteiger partial charge in [0, 0.05) is 30.4 Å². The Bertz CT molecular complexity index is 555. The second-order valence-electron chi connectivity index (χ2n) is 6.54. The van der Waals surface area contributed by atoms with Crippen molar-refractivity contribution in [2.45, 2.75) is 38.3 Å². The molecule has 3 N–H and O–H groups in total. The number of amides is 1. The Morgan fingerprint density at radius 1 is 1.33 bits per heavy atom. The van der Waals surface area contributed by atoms with Crippen molar-refractivity contribution in [1.82, 2.24) is 5.32 Å². The highest BCUT2D eigenvalue weighted by Gasteiger charge is 2.54. The van der Waals surface area contributed by atoms with Crippen molar-refractivity contribution in [3.63, 3.8) is 0 Å². The zero-order valence-corrected chi connectivity index (χ0v) is 14.1. The first-order valence-electron chi connectivity index (χ1n) is 8.66. The number of hydrogen-bond donors (Lipinski definition) is 3. The van der Waals surface area contributed by atoms with Gasteiger partial charge in [-0.3, -0.25) is 4.79 Å². The summed E-state index contributed by atoms with van der Waals surface area (Å²) in [5.74, 6) is 0.710. The maximum atomic E-state index is 12.1. The van der Waals surface area contributed by atoms with Crippen LogP contribution in [0.5, 0.6) is 5.75 Å². The van der Waals surface area contributed by atoms with Gasteiger partial charge < -0.3 is 25.2 Å². The fourth-order valence-electron chi connectivity index (χ4n) is 3.71. The van der Waals surface area contributed by atoms with Gasteiger partial charge in [-0.15, -0.1) is 0 Å². The predicted molar refractivity (Wildman–Crippen MR) is 91.1 cm³/mol. The Morgan fingerprint density at radius 3 is 2.67 bits per heavy atom. The second kappa shape index (κ2) is 7.51. The average Bonchev–Trinajstić information content (AvgIpc) is 2.61. The van der Waals surface area contributed by atoms with E-state index in [4.69, 9.17) is 9.47 Å². The van der Waals surface area contributed by atoms with E-state index in [1.165, 1.54) is 0 Å². The highest BCUT2D eigenvalue weighted by Crippen LogP contribution is 2.48. The van der Waals surface area contributed by atoms with Gasteiger partial charge in [-0.1, -0.05) is 0 Å². The summed E-state index contributed by atoms with van der Waals surface area (Å²) in [5, 5.41) is 16.3. The quantitative estimate of drug-likeness (QED) is 0.735. The third-order valence-electron chi connectivity index (χ3n) is 5.20. The molecule has 3 rings (SSSR count). The van der Waals surface area contributed by atoms with Crippen LogP contribution in [0.4, 0.5) is 5.69 Å². The number of carbonyl (C=O) groups is 1. The van der Waals surface area contributed by atoms with E-state index in [0.717, 1.165) is 24.3 Å². The summed E-state index contributed by atoms with van der Waals surface area (Å²) < 4.78 is 10.8. The molecule has 6 heteroatoms. The highest BCUT2D eigenvalue weighted by atomic mass is 16.5. The van der Waals surface area contributed by atoms with Crippen molar-refractivity contribution in [3.8, 4) is 5.75 Å². The summed E-state index contributed by atoms with van der Waals surface area (Å²) >= 11 is 0. The standard InChI is InChI=1S/C18H26N2O4/c1-2-24-14-5-3-13(4-6-14)20-17(22)12-19-15-11-16(21)18(15)7-9-23-10-8-18/h3-6,15-16,19,21H,2,7-12H2,1H3,(H,20,22)/t15-,16-/m1/s1. The van der Waals surface area contributed by atoms with Crippen molar-refractivity contribution in [1.29, 1.82) is 0 Å². The minimum Gasteiger partial charge on any atom is -0.494 e. The molecule has 1 saturated heterocycles. The molecular formula is C18H26N2O4. The molecule has 1 aromatic rings. The number of aliphatic hydroxyl groups is 1.